The number of hydrogen-bond acceptors (Lipinski definition) is 4. The lowest BCUT2D eigenvalue weighted by molar-refractivity contribution is 0.278. The summed E-state index contributed by atoms with van der Waals surface area (Å²) in [6.07, 6.45) is 5.59. The normalized spacial score (nSPS) is 22.9. The molecule has 4 heteroatoms. The van der Waals surface area contributed by atoms with E-state index in [0.717, 1.165) is 23.9 Å². The minimum absolute atomic E-state index is 0.0856. The molecule has 19 heavy (non-hydrogen) atoms. The molecule has 0 spiro atoms. The van der Waals surface area contributed by atoms with E-state index in [-0.39, 0.29) is 12.4 Å². The van der Waals surface area contributed by atoms with Gasteiger partial charge in [0, 0.05) is 23.9 Å². The van der Waals surface area contributed by atoms with Crippen LogP contribution in [0.1, 0.15) is 43.0 Å². The molecular formula is C15H24N2O2. The minimum atomic E-state index is -0.0856. The average Bonchev–Trinajstić information content (AvgIpc) is 2.80. The molecule has 1 aliphatic carbocycles. The summed E-state index contributed by atoms with van der Waals surface area (Å²) in [5.41, 5.74) is 2.10. The largest absolute Gasteiger partial charge is 0.506 e. The van der Waals surface area contributed by atoms with Gasteiger partial charge in [0.1, 0.15) is 5.75 Å². The van der Waals surface area contributed by atoms with Gasteiger partial charge in [-0.25, -0.2) is 0 Å². The number of aryl methyl sites for hydroxylation is 1. The van der Waals surface area contributed by atoms with Gasteiger partial charge >= 0.3 is 0 Å². The van der Waals surface area contributed by atoms with Gasteiger partial charge < -0.3 is 15.5 Å². The van der Waals surface area contributed by atoms with E-state index in [1.54, 1.807) is 13.1 Å². The van der Waals surface area contributed by atoms with E-state index in [2.05, 4.69) is 17.2 Å². The van der Waals surface area contributed by atoms with Crippen molar-refractivity contribution in [3.8, 4) is 5.75 Å². The summed E-state index contributed by atoms with van der Waals surface area (Å²) in [5.74, 6) is 1.73. The first kappa shape index (κ1) is 14.3. The number of nitrogens with one attached hydrogen (secondary N) is 1. The van der Waals surface area contributed by atoms with Crippen molar-refractivity contribution < 1.29 is 10.2 Å². The second kappa shape index (κ2) is 6.35. The van der Waals surface area contributed by atoms with Crippen LogP contribution in [-0.4, -0.2) is 21.7 Å². The fourth-order valence-corrected chi connectivity index (χ4v) is 2.93. The molecule has 1 aliphatic rings. The van der Waals surface area contributed by atoms with E-state index in [9.17, 15) is 10.2 Å². The van der Waals surface area contributed by atoms with E-state index >= 15 is 0 Å². The van der Waals surface area contributed by atoms with Crippen LogP contribution in [0, 0.1) is 18.8 Å². The molecule has 4 nitrogen and oxygen atoms in total. The maximum Gasteiger partial charge on any atom is 0.141 e. The van der Waals surface area contributed by atoms with Crippen LogP contribution in [0.2, 0.25) is 0 Å². The Morgan fingerprint density at radius 1 is 1.42 bits per heavy atom. The molecule has 2 rings (SSSR count). The third kappa shape index (κ3) is 3.25. The van der Waals surface area contributed by atoms with Crippen LogP contribution >= 0.6 is 0 Å². The van der Waals surface area contributed by atoms with Crippen molar-refractivity contribution >= 4 is 0 Å². The van der Waals surface area contributed by atoms with Gasteiger partial charge in [-0.2, -0.15) is 0 Å². The van der Waals surface area contributed by atoms with Crippen molar-refractivity contribution in [1.29, 1.82) is 0 Å². The molecule has 3 N–H and O–H groups in total. The van der Waals surface area contributed by atoms with E-state index in [0.29, 0.717) is 17.8 Å². The van der Waals surface area contributed by atoms with Crippen molar-refractivity contribution in [3.63, 3.8) is 0 Å². The Morgan fingerprint density at radius 2 is 2.21 bits per heavy atom. The van der Waals surface area contributed by atoms with Gasteiger partial charge in [-0.3, -0.25) is 4.98 Å². The van der Waals surface area contributed by atoms with E-state index < -0.39 is 0 Å². The highest BCUT2D eigenvalue weighted by Crippen LogP contribution is 2.30. The fraction of sp³-hybridized carbons (Fsp3) is 0.667. The van der Waals surface area contributed by atoms with Gasteiger partial charge in [0.25, 0.3) is 0 Å². The highest BCUT2D eigenvalue weighted by Gasteiger charge is 2.22. The predicted octanol–water partition coefficient (Wildman–Crippen LogP) is 2.11. The molecule has 0 bridgehead atoms. The molecule has 1 fully saturated rings. The van der Waals surface area contributed by atoms with Gasteiger partial charge in [0.05, 0.1) is 12.3 Å². The van der Waals surface area contributed by atoms with Gasteiger partial charge in [0.2, 0.25) is 0 Å². The monoisotopic (exact) mass is 264 g/mol. The van der Waals surface area contributed by atoms with Crippen LogP contribution in [0.25, 0.3) is 0 Å². The molecule has 106 valence electrons. The van der Waals surface area contributed by atoms with Crippen molar-refractivity contribution in [2.24, 2.45) is 11.8 Å². The Bertz CT molecular complexity index is 434. The van der Waals surface area contributed by atoms with Gasteiger partial charge in [-0.15, -0.1) is 0 Å². The lowest BCUT2D eigenvalue weighted by atomic mass is 9.98. The molecule has 2 atom stereocenters. The SMILES string of the molecule is Cc1ncc(CO)c(CNCC2CCCC2C)c1O. The Balaban J connectivity index is 1.97. The molecule has 1 saturated carbocycles. The van der Waals surface area contributed by atoms with Crippen LogP contribution in [0.4, 0.5) is 0 Å². The molecule has 1 aromatic rings. The van der Waals surface area contributed by atoms with Crippen molar-refractivity contribution in [1.82, 2.24) is 10.3 Å². The predicted molar refractivity (Wildman–Crippen MR) is 74.8 cm³/mol. The Labute approximate surface area is 114 Å². The van der Waals surface area contributed by atoms with E-state index in [1.807, 2.05) is 0 Å². The number of aliphatic hydroxyl groups excluding tert-OH is 1. The zero-order chi connectivity index (χ0) is 13.8. The molecular weight excluding hydrogens is 240 g/mol. The standard InChI is InChI=1S/C15H24N2O2/c1-10-4-3-5-12(10)6-16-8-14-13(9-18)7-17-11(2)15(14)19/h7,10,12,16,18-19H,3-6,8-9H2,1-2H3. The van der Waals surface area contributed by atoms with Crippen molar-refractivity contribution in [3.05, 3.63) is 23.0 Å². The topological polar surface area (TPSA) is 65.4 Å². The molecule has 0 aliphatic heterocycles. The number of aromatic hydroxyl groups is 1. The lowest BCUT2D eigenvalue weighted by Gasteiger charge is -2.17. The van der Waals surface area contributed by atoms with Crippen LogP contribution < -0.4 is 5.32 Å². The quantitative estimate of drug-likeness (QED) is 0.762. The zero-order valence-corrected chi connectivity index (χ0v) is 11.8. The van der Waals surface area contributed by atoms with Crippen molar-refractivity contribution in [2.45, 2.75) is 46.3 Å². The first-order valence-corrected chi connectivity index (χ1v) is 7.11. The van der Waals surface area contributed by atoms with Gasteiger partial charge in [-0.05, 0) is 31.7 Å². The van der Waals surface area contributed by atoms with Crippen LogP contribution in [-0.2, 0) is 13.2 Å². The van der Waals surface area contributed by atoms with E-state index in [4.69, 9.17) is 0 Å². The highest BCUT2D eigenvalue weighted by atomic mass is 16.3. The third-order valence-corrected chi connectivity index (χ3v) is 4.35. The second-order valence-electron chi connectivity index (χ2n) is 5.65. The zero-order valence-electron chi connectivity index (χ0n) is 11.8. The summed E-state index contributed by atoms with van der Waals surface area (Å²) in [6.45, 7) is 5.57. The molecule has 0 amide bonds. The molecule has 1 heterocycles. The number of hydrogen-bond donors (Lipinski definition) is 3. The molecule has 0 radical (unpaired) electrons. The van der Waals surface area contributed by atoms with Gasteiger partial charge in [0.15, 0.2) is 0 Å². The third-order valence-electron chi connectivity index (χ3n) is 4.35. The van der Waals surface area contributed by atoms with Crippen LogP contribution in [0.15, 0.2) is 6.20 Å². The minimum Gasteiger partial charge on any atom is -0.506 e. The molecule has 1 aromatic heterocycles. The maximum atomic E-state index is 10.0. The summed E-state index contributed by atoms with van der Waals surface area (Å²) >= 11 is 0. The maximum absolute atomic E-state index is 10.0. The van der Waals surface area contributed by atoms with Crippen LogP contribution in [0.5, 0.6) is 5.75 Å². The summed E-state index contributed by atoms with van der Waals surface area (Å²) in [7, 11) is 0. The Morgan fingerprint density at radius 3 is 2.84 bits per heavy atom. The summed E-state index contributed by atoms with van der Waals surface area (Å²) in [6, 6.07) is 0. The Hall–Kier alpha value is -1.13. The molecule has 2 unspecified atom stereocenters. The Kier molecular flexibility index (Phi) is 4.77. The van der Waals surface area contributed by atoms with E-state index in [1.165, 1.54) is 19.3 Å². The second-order valence-corrected chi connectivity index (χ2v) is 5.65. The fourth-order valence-electron chi connectivity index (χ4n) is 2.93. The lowest BCUT2D eigenvalue weighted by Crippen LogP contribution is -2.24. The molecule has 0 saturated heterocycles. The molecule has 0 aromatic carbocycles. The first-order valence-electron chi connectivity index (χ1n) is 7.11. The summed E-state index contributed by atoms with van der Waals surface area (Å²) in [4.78, 5) is 4.07. The van der Waals surface area contributed by atoms with Gasteiger partial charge in [-0.1, -0.05) is 19.8 Å². The smallest absolute Gasteiger partial charge is 0.141 e. The van der Waals surface area contributed by atoms with Crippen LogP contribution in [0.3, 0.4) is 0 Å². The average molecular weight is 264 g/mol. The number of aromatic nitrogens is 1. The number of aliphatic hydroxyl groups is 1. The number of nitrogens with zero attached hydrogens (tertiary/aromatic N) is 1. The first-order chi connectivity index (χ1) is 9.13. The summed E-state index contributed by atoms with van der Waals surface area (Å²) < 4.78 is 0. The number of rotatable bonds is 5. The summed E-state index contributed by atoms with van der Waals surface area (Å²) in [5, 5.41) is 22.8. The van der Waals surface area contributed by atoms with Crippen molar-refractivity contribution in [2.75, 3.05) is 6.54 Å². The highest BCUT2D eigenvalue weighted by molar-refractivity contribution is 5.40. The number of pyridine rings is 1.